The van der Waals surface area contributed by atoms with Crippen LogP contribution in [0.5, 0.6) is 0 Å². The monoisotopic (exact) mass is 153 g/mol. The minimum atomic E-state index is 0.530. The molecule has 0 bridgehead atoms. The lowest BCUT2D eigenvalue weighted by Gasteiger charge is -2.19. The molecule has 0 spiro atoms. The zero-order chi connectivity index (χ0) is 8.69. The lowest BCUT2D eigenvalue weighted by atomic mass is 9.90. The van der Waals surface area contributed by atoms with Crippen LogP contribution in [0.2, 0.25) is 0 Å². The Hall–Kier alpha value is -0.560. The lowest BCUT2D eigenvalue weighted by molar-refractivity contribution is 0.446. The molecule has 1 nitrogen and oxygen atoms in total. The average Bonchev–Trinajstić information content (AvgIpc) is 2.05. The first-order chi connectivity index (χ1) is 5.29. The molecule has 0 radical (unpaired) electrons. The van der Waals surface area contributed by atoms with E-state index in [4.69, 9.17) is 0 Å². The third-order valence-corrected chi connectivity index (χ3v) is 2.07. The van der Waals surface area contributed by atoms with E-state index in [9.17, 15) is 0 Å². The predicted octanol–water partition coefficient (Wildman–Crippen LogP) is 2.22. The fraction of sp³-hybridized carbons (Fsp3) is 0.600. The molecule has 0 aromatic carbocycles. The second-order valence-electron chi connectivity index (χ2n) is 2.77. The molecule has 0 rings (SSSR count). The highest BCUT2D eigenvalue weighted by Crippen LogP contribution is 2.16. The molecule has 11 heavy (non-hydrogen) atoms. The lowest BCUT2D eigenvalue weighted by Crippen LogP contribution is -2.22. The second-order valence-corrected chi connectivity index (χ2v) is 2.77. The largest absolute Gasteiger partial charge is 0.319 e. The van der Waals surface area contributed by atoms with Crippen molar-refractivity contribution in [2.75, 3.05) is 13.6 Å². The van der Waals surface area contributed by atoms with E-state index < -0.39 is 0 Å². The number of allylic oxidation sites excluding steroid dienone is 1. The highest BCUT2D eigenvalue weighted by molar-refractivity contribution is 4.93. The molecule has 0 aromatic rings. The zero-order valence-electron chi connectivity index (χ0n) is 7.64. The van der Waals surface area contributed by atoms with Crippen molar-refractivity contribution in [2.24, 2.45) is 11.8 Å². The van der Waals surface area contributed by atoms with Crippen molar-refractivity contribution >= 4 is 0 Å². The van der Waals surface area contributed by atoms with Crippen LogP contribution in [0.25, 0.3) is 0 Å². The Bertz CT molecular complexity index is 118. The predicted molar refractivity (Wildman–Crippen MR) is 51.6 cm³/mol. The van der Waals surface area contributed by atoms with Crippen LogP contribution >= 0.6 is 0 Å². The Balaban J connectivity index is 3.96. The van der Waals surface area contributed by atoms with Crippen LogP contribution < -0.4 is 5.32 Å². The molecule has 0 fully saturated rings. The minimum Gasteiger partial charge on any atom is -0.319 e. The summed E-state index contributed by atoms with van der Waals surface area (Å²) in [4.78, 5) is 0. The summed E-state index contributed by atoms with van der Waals surface area (Å²) in [6.45, 7) is 10.8. The van der Waals surface area contributed by atoms with E-state index in [0.717, 1.165) is 13.0 Å². The topological polar surface area (TPSA) is 12.0 Å². The first kappa shape index (κ1) is 10.4. The van der Waals surface area contributed by atoms with Crippen molar-refractivity contribution in [1.29, 1.82) is 0 Å². The number of hydrogen-bond acceptors (Lipinski definition) is 1. The van der Waals surface area contributed by atoms with Gasteiger partial charge >= 0.3 is 0 Å². The van der Waals surface area contributed by atoms with Crippen molar-refractivity contribution in [2.45, 2.75) is 13.3 Å². The summed E-state index contributed by atoms with van der Waals surface area (Å²) in [5.74, 6) is 1.10. The summed E-state index contributed by atoms with van der Waals surface area (Å²) in [7, 11) is 1.96. The Labute approximate surface area is 70.2 Å². The maximum Gasteiger partial charge on any atom is 0.00167 e. The van der Waals surface area contributed by atoms with Gasteiger partial charge in [0.2, 0.25) is 0 Å². The molecule has 0 aliphatic rings. The van der Waals surface area contributed by atoms with Gasteiger partial charge in [-0.15, -0.1) is 13.2 Å². The van der Waals surface area contributed by atoms with Crippen LogP contribution in [-0.2, 0) is 0 Å². The van der Waals surface area contributed by atoms with Crippen molar-refractivity contribution in [3.8, 4) is 0 Å². The molecule has 1 heteroatoms. The molecule has 1 N–H and O–H groups in total. The summed E-state index contributed by atoms with van der Waals surface area (Å²) in [6, 6.07) is 0. The molecule has 0 saturated carbocycles. The highest BCUT2D eigenvalue weighted by atomic mass is 14.8. The molecule has 2 unspecified atom stereocenters. The summed E-state index contributed by atoms with van der Waals surface area (Å²) in [5.41, 5.74) is 0. The van der Waals surface area contributed by atoms with Gasteiger partial charge in [-0.1, -0.05) is 19.1 Å². The molecule has 0 amide bonds. The summed E-state index contributed by atoms with van der Waals surface area (Å²) >= 11 is 0. The molecule has 0 saturated heterocycles. The molecule has 2 atom stereocenters. The van der Waals surface area contributed by atoms with Crippen LogP contribution in [0.4, 0.5) is 0 Å². The molecular formula is C10H19N. The fourth-order valence-corrected chi connectivity index (χ4v) is 1.29. The molecule has 0 aliphatic carbocycles. The van der Waals surface area contributed by atoms with Gasteiger partial charge < -0.3 is 5.32 Å². The third kappa shape index (κ3) is 3.38. The minimum absolute atomic E-state index is 0.530. The van der Waals surface area contributed by atoms with Crippen molar-refractivity contribution < 1.29 is 0 Å². The Morgan fingerprint density at radius 3 is 2.09 bits per heavy atom. The van der Waals surface area contributed by atoms with Crippen LogP contribution in [-0.4, -0.2) is 13.6 Å². The smallest absolute Gasteiger partial charge is 0.00167 e. The van der Waals surface area contributed by atoms with Gasteiger partial charge in [-0.3, -0.25) is 0 Å². The van der Waals surface area contributed by atoms with Crippen molar-refractivity contribution in [3.63, 3.8) is 0 Å². The second kappa shape index (κ2) is 6.17. The summed E-state index contributed by atoms with van der Waals surface area (Å²) in [6.07, 6.45) is 5.16. The molecular weight excluding hydrogens is 134 g/mol. The van der Waals surface area contributed by atoms with E-state index in [-0.39, 0.29) is 0 Å². The maximum atomic E-state index is 3.81. The van der Waals surface area contributed by atoms with Crippen LogP contribution in [0, 0.1) is 11.8 Å². The highest BCUT2D eigenvalue weighted by Gasteiger charge is 2.11. The Morgan fingerprint density at radius 1 is 1.27 bits per heavy atom. The van der Waals surface area contributed by atoms with Gasteiger partial charge in [-0.2, -0.15) is 0 Å². The van der Waals surface area contributed by atoms with Gasteiger partial charge in [0.15, 0.2) is 0 Å². The van der Waals surface area contributed by atoms with Gasteiger partial charge in [0.05, 0.1) is 0 Å². The average molecular weight is 153 g/mol. The first-order valence-electron chi connectivity index (χ1n) is 4.19. The SMILES string of the molecule is C=CC(CC)C(C=C)CNC. The number of nitrogens with one attached hydrogen (secondary N) is 1. The third-order valence-electron chi connectivity index (χ3n) is 2.07. The van der Waals surface area contributed by atoms with Crippen LogP contribution in [0.1, 0.15) is 13.3 Å². The van der Waals surface area contributed by atoms with E-state index in [1.165, 1.54) is 0 Å². The molecule has 0 aliphatic heterocycles. The summed E-state index contributed by atoms with van der Waals surface area (Å²) < 4.78 is 0. The fourth-order valence-electron chi connectivity index (χ4n) is 1.29. The number of hydrogen-bond donors (Lipinski definition) is 1. The Morgan fingerprint density at radius 2 is 1.82 bits per heavy atom. The quantitative estimate of drug-likeness (QED) is 0.577. The zero-order valence-corrected chi connectivity index (χ0v) is 7.64. The number of rotatable bonds is 6. The van der Waals surface area contributed by atoms with Gasteiger partial charge in [-0.25, -0.2) is 0 Å². The summed E-state index contributed by atoms with van der Waals surface area (Å²) in [5, 5.41) is 3.15. The van der Waals surface area contributed by atoms with E-state index in [1.54, 1.807) is 0 Å². The van der Waals surface area contributed by atoms with Crippen molar-refractivity contribution in [1.82, 2.24) is 5.32 Å². The molecule has 0 heterocycles. The van der Waals surface area contributed by atoms with Crippen LogP contribution in [0.15, 0.2) is 25.3 Å². The first-order valence-corrected chi connectivity index (χ1v) is 4.19. The molecule has 64 valence electrons. The van der Waals surface area contributed by atoms with Gasteiger partial charge in [0.1, 0.15) is 0 Å². The van der Waals surface area contributed by atoms with E-state index >= 15 is 0 Å². The Kier molecular flexibility index (Phi) is 5.86. The standard InChI is InChI=1S/C10H19N/c1-5-9(6-2)10(7-3)8-11-4/h5,7,9-11H,1,3,6,8H2,2,4H3. The van der Waals surface area contributed by atoms with Crippen molar-refractivity contribution in [3.05, 3.63) is 25.3 Å². The van der Waals surface area contributed by atoms with E-state index in [1.807, 2.05) is 19.2 Å². The van der Waals surface area contributed by atoms with E-state index in [2.05, 4.69) is 25.4 Å². The maximum absolute atomic E-state index is 3.81. The van der Waals surface area contributed by atoms with Gasteiger partial charge in [0, 0.05) is 6.54 Å². The van der Waals surface area contributed by atoms with Gasteiger partial charge in [0.25, 0.3) is 0 Å². The van der Waals surface area contributed by atoms with Crippen LogP contribution in [0.3, 0.4) is 0 Å². The normalized spacial score (nSPS) is 15.5. The van der Waals surface area contributed by atoms with Gasteiger partial charge in [-0.05, 0) is 25.3 Å². The molecule has 0 aromatic heterocycles. The van der Waals surface area contributed by atoms with E-state index in [0.29, 0.717) is 11.8 Å².